The number of rotatable bonds is 4. The predicted octanol–water partition coefficient (Wildman–Crippen LogP) is 2.72. The summed E-state index contributed by atoms with van der Waals surface area (Å²) in [6, 6.07) is 0. The molecule has 1 fully saturated rings. The van der Waals surface area contributed by atoms with Crippen molar-refractivity contribution in [3.05, 3.63) is 11.7 Å². The molecule has 1 aliphatic rings. The summed E-state index contributed by atoms with van der Waals surface area (Å²) in [4.78, 5) is 4.60. The van der Waals surface area contributed by atoms with Gasteiger partial charge in [0.15, 0.2) is 0 Å². The average Bonchev–Trinajstić information content (AvgIpc) is 2.80. The van der Waals surface area contributed by atoms with Gasteiger partial charge >= 0.3 is 0 Å². The molecular formula is C14H25N3O2. The van der Waals surface area contributed by atoms with Crippen LogP contribution in [0.5, 0.6) is 0 Å². The lowest BCUT2D eigenvalue weighted by molar-refractivity contribution is -0.0365. The second kappa shape index (κ2) is 5.59. The molecule has 0 saturated heterocycles. The van der Waals surface area contributed by atoms with E-state index in [4.69, 9.17) is 9.26 Å². The monoisotopic (exact) mass is 267 g/mol. The maximum absolute atomic E-state index is 5.80. The molecule has 0 aromatic carbocycles. The summed E-state index contributed by atoms with van der Waals surface area (Å²) in [6.07, 6.45) is 6.79. The van der Waals surface area contributed by atoms with E-state index in [1.54, 1.807) is 7.11 Å². The van der Waals surface area contributed by atoms with Gasteiger partial charge in [0.25, 0.3) is 0 Å². The van der Waals surface area contributed by atoms with Gasteiger partial charge < -0.3 is 14.6 Å². The van der Waals surface area contributed by atoms with Crippen molar-refractivity contribution in [1.82, 2.24) is 15.5 Å². The maximum Gasteiger partial charge on any atom is 0.246 e. The molecule has 0 spiro atoms. The van der Waals surface area contributed by atoms with Gasteiger partial charge in [0, 0.05) is 7.11 Å². The normalized spacial score (nSPS) is 20.2. The molecule has 0 aliphatic heterocycles. The highest BCUT2D eigenvalue weighted by Crippen LogP contribution is 2.38. The molecule has 5 heteroatoms. The standard InChI is InChI=1S/C14H25N3O2/c1-13(2,15-3)12-16-11(17-19-12)14(18-4)9-7-5-6-8-10-14/h15H,5-10H2,1-4H3. The highest BCUT2D eigenvalue weighted by molar-refractivity contribution is 5.06. The van der Waals surface area contributed by atoms with Gasteiger partial charge in [-0.1, -0.05) is 30.8 Å². The molecule has 1 aliphatic carbocycles. The number of nitrogens with zero attached hydrogens (tertiary/aromatic N) is 2. The molecule has 1 heterocycles. The number of aromatic nitrogens is 2. The largest absolute Gasteiger partial charge is 0.370 e. The van der Waals surface area contributed by atoms with Gasteiger partial charge in [-0.15, -0.1) is 0 Å². The van der Waals surface area contributed by atoms with Crippen molar-refractivity contribution in [3.63, 3.8) is 0 Å². The fraction of sp³-hybridized carbons (Fsp3) is 0.857. The van der Waals surface area contributed by atoms with Crippen LogP contribution < -0.4 is 5.32 Å². The van der Waals surface area contributed by atoms with Crippen molar-refractivity contribution in [2.45, 2.75) is 63.5 Å². The van der Waals surface area contributed by atoms with Crippen molar-refractivity contribution in [1.29, 1.82) is 0 Å². The number of hydrogen-bond donors (Lipinski definition) is 1. The lowest BCUT2D eigenvalue weighted by Gasteiger charge is -2.27. The summed E-state index contributed by atoms with van der Waals surface area (Å²) >= 11 is 0. The Morgan fingerprint density at radius 3 is 2.37 bits per heavy atom. The Morgan fingerprint density at radius 2 is 1.84 bits per heavy atom. The van der Waals surface area contributed by atoms with E-state index in [1.165, 1.54) is 12.8 Å². The molecule has 1 saturated carbocycles. The van der Waals surface area contributed by atoms with Gasteiger partial charge in [-0.2, -0.15) is 4.98 Å². The molecule has 0 atom stereocenters. The first-order chi connectivity index (χ1) is 9.04. The van der Waals surface area contributed by atoms with Crippen molar-refractivity contribution in [2.75, 3.05) is 14.2 Å². The first-order valence-electron chi connectivity index (χ1n) is 7.13. The van der Waals surface area contributed by atoms with E-state index >= 15 is 0 Å². The lowest BCUT2D eigenvalue weighted by atomic mass is 9.93. The van der Waals surface area contributed by atoms with Crippen molar-refractivity contribution in [3.8, 4) is 0 Å². The van der Waals surface area contributed by atoms with Gasteiger partial charge in [-0.25, -0.2) is 0 Å². The van der Waals surface area contributed by atoms with Crippen molar-refractivity contribution in [2.24, 2.45) is 0 Å². The van der Waals surface area contributed by atoms with E-state index in [0.29, 0.717) is 11.7 Å². The molecule has 0 bridgehead atoms. The molecule has 5 nitrogen and oxygen atoms in total. The van der Waals surface area contributed by atoms with E-state index in [9.17, 15) is 0 Å². The Balaban J connectivity index is 2.28. The molecule has 108 valence electrons. The quantitative estimate of drug-likeness (QED) is 0.850. The Bertz CT molecular complexity index is 407. The minimum Gasteiger partial charge on any atom is -0.370 e. The minimum atomic E-state index is -0.359. The zero-order valence-electron chi connectivity index (χ0n) is 12.5. The van der Waals surface area contributed by atoms with Crippen LogP contribution >= 0.6 is 0 Å². The molecule has 1 aromatic heterocycles. The van der Waals surface area contributed by atoms with Crippen LogP contribution in [0.15, 0.2) is 4.52 Å². The smallest absolute Gasteiger partial charge is 0.246 e. The molecule has 19 heavy (non-hydrogen) atoms. The summed E-state index contributed by atoms with van der Waals surface area (Å²) in [7, 11) is 3.65. The van der Waals surface area contributed by atoms with Crippen LogP contribution in [0.25, 0.3) is 0 Å². The van der Waals surface area contributed by atoms with Crippen LogP contribution in [0.3, 0.4) is 0 Å². The number of methoxy groups -OCH3 is 1. The summed E-state index contributed by atoms with van der Waals surface area (Å²) < 4.78 is 11.2. The van der Waals surface area contributed by atoms with Crippen LogP contribution in [0.4, 0.5) is 0 Å². The van der Waals surface area contributed by atoms with Crippen molar-refractivity contribution >= 4 is 0 Å². The fourth-order valence-electron chi connectivity index (χ4n) is 2.59. The maximum atomic E-state index is 5.80. The summed E-state index contributed by atoms with van der Waals surface area (Å²) in [6.45, 7) is 4.05. The Kier molecular flexibility index (Phi) is 4.26. The molecular weight excluding hydrogens is 242 g/mol. The zero-order chi connectivity index (χ0) is 13.9. The topological polar surface area (TPSA) is 60.2 Å². The van der Waals surface area contributed by atoms with Crippen molar-refractivity contribution < 1.29 is 9.26 Å². The van der Waals surface area contributed by atoms with Crippen LogP contribution in [0.2, 0.25) is 0 Å². The van der Waals surface area contributed by atoms with Crippen LogP contribution in [-0.4, -0.2) is 24.3 Å². The van der Waals surface area contributed by atoms with Gasteiger partial charge in [-0.05, 0) is 33.7 Å². The highest BCUT2D eigenvalue weighted by Gasteiger charge is 2.39. The second-order valence-electron chi connectivity index (χ2n) is 5.91. The Hall–Kier alpha value is -0.940. The highest BCUT2D eigenvalue weighted by atomic mass is 16.5. The SMILES string of the molecule is CNC(C)(C)c1nc(C2(OC)CCCCCC2)no1. The van der Waals surface area contributed by atoms with E-state index in [0.717, 1.165) is 25.7 Å². The molecule has 1 aromatic rings. The third-order valence-corrected chi connectivity index (χ3v) is 4.30. The minimum absolute atomic E-state index is 0.315. The molecule has 0 amide bonds. The third kappa shape index (κ3) is 2.82. The summed E-state index contributed by atoms with van der Waals surface area (Å²) in [5.41, 5.74) is -0.674. The van der Waals surface area contributed by atoms with Crippen LogP contribution in [-0.2, 0) is 15.9 Å². The van der Waals surface area contributed by atoms with E-state index < -0.39 is 0 Å². The number of hydrogen-bond acceptors (Lipinski definition) is 5. The average molecular weight is 267 g/mol. The summed E-state index contributed by atoms with van der Waals surface area (Å²) in [5, 5.41) is 7.37. The van der Waals surface area contributed by atoms with Gasteiger partial charge in [0.05, 0.1) is 5.54 Å². The second-order valence-corrected chi connectivity index (χ2v) is 5.91. The molecule has 0 radical (unpaired) electrons. The van der Waals surface area contributed by atoms with Crippen LogP contribution in [0.1, 0.15) is 64.1 Å². The van der Waals surface area contributed by atoms with Crippen LogP contribution in [0, 0.1) is 0 Å². The first-order valence-corrected chi connectivity index (χ1v) is 7.13. The fourth-order valence-corrected chi connectivity index (χ4v) is 2.59. The molecule has 1 N–H and O–H groups in total. The lowest BCUT2D eigenvalue weighted by Crippen LogP contribution is -2.34. The van der Waals surface area contributed by atoms with E-state index in [-0.39, 0.29) is 11.1 Å². The Morgan fingerprint density at radius 1 is 1.21 bits per heavy atom. The Labute approximate surface area is 115 Å². The van der Waals surface area contributed by atoms with E-state index in [2.05, 4.69) is 15.5 Å². The zero-order valence-corrected chi connectivity index (χ0v) is 12.5. The molecule has 0 unspecified atom stereocenters. The summed E-state index contributed by atoms with van der Waals surface area (Å²) in [5.74, 6) is 1.32. The molecule has 2 rings (SSSR count). The predicted molar refractivity (Wildman–Crippen MR) is 72.8 cm³/mol. The third-order valence-electron chi connectivity index (χ3n) is 4.30. The van der Waals surface area contributed by atoms with Gasteiger partial charge in [-0.3, -0.25) is 0 Å². The first kappa shape index (κ1) is 14.5. The number of nitrogens with one attached hydrogen (secondary N) is 1. The van der Waals surface area contributed by atoms with E-state index in [1.807, 2.05) is 20.9 Å². The number of ether oxygens (including phenoxy) is 1. The van der Waals surface area contributed by atoms with Gasteiger partial charge in [0.2, 0.25) is 11.7 Å². The van der Waals surface area contributed by atoms with Gasteiger partial charge in [0.1, 0.15) is 5.60 Å².